The molecule has 0 saturated heterocycles. The quantitative estimate of drug-likeness (QED) is 0.734. The van der Waals surface area contributed by atoms with Gasteiger partial charge in [0.05, 0.1) is 12.5 Å². The summed E-state index contributed by atoms with van der Waals surface area (Å²) < 4.78 is 5.37. The van der Waals surface area contributed by atoms with Crippen LogP contribution in [0, 0.1) is 5.92 Å². The number of ether oxygens (including phenoxy) is 1. The summed E-state index contributed by atoms with van der Waals surface area (Å²) in [5.41, 5.74) is 0. The first-order valence-electron chi connectivity index (χ1n) is 6.09. The molecule has 2 N–H and O–H groups in total. The molecule has 1 unspecified atom stereocenters. The van der Waals surface area contributed by atoms with Crippen molar-refractivity contribution >= 4 is 11.9 Å². The average molecular weight is 253 g/mol. The van der Waals surface area contributed by atoms with Crippen LogP contribution in [0.3, 0.4) is 0 Å². The van der Waals surface area contributed by atoms with Crippen LogP contribution in [0.25, 0.3) is 0 Å². The normalized spacial score (nSPS) is 11.9. The Morgan fingerprint density at radius 1 is 1.56 bits per heavy atom. The third-order valence-electron chi connectivity index (χ3n) is 2.43. The minimum absolute atomic E-state index is 0.309. The van der Waals surface area contributed by atoms with E-state index in [0.29, 0.717) is 31.4 Å². The second kappa shape index (κ2) is 7.47. The van der Waals surface area contributed by atoms with Crippen LogP contribution in [0.5, 0.6) is 5.88 Å². The fourth-order valence-corrected chi connectivity index (χ4v) is 1.34. The first-order chi connectivity index (χ1) is 8.67. The van der Waals surface area contributed by atoms with Crippen molar-refractivity contribution in [3.63, 3.8) is 0 Å². The van der Waals surface area contributed by atoms with Crippen molar-refractivity contribution in [1.82, 2.24) is 9.97 Å². The van der Waals surface area contributed by atoms with Crippen LogP contribution < -0.4 is 10.1 Å². The summed E-state index contributed by atoms with van der Waals surface area (Å²) in [6.45, 7) is 4.76. The van der Waals surface area contributed by atoms with Gasteiger partial charge in [-0.05, 0) is 12.8 Å². The molecule has 1 heterocycles. The SMILES string of the molecule is CCCOc1ccnc(NCC(CC)C(=O)O)n1. The molecule has 0 aromatic carbocycles. The molecule has 1 aromatic rings. The van der Waals surface area contributed by atoms with Crippen molar-refractivity contribution < 1.29 is 14.6 Å². The van der Waals surface area contributed by atoms with Crippen LogP contribution in [0.4, 0.5) is 5.95 Å². The molecular weight excluding hydrogens is 234 g/mol. The molecule has 6 nitrogen and oxygen atoms in total. The second-order valence-electron chi connectivity index (χ2n) is 3.89. The highest BCUT2D eigenvalue weighted by Gasteiger charge is 2.14. The Kier molecular flexibility index (Phi) is 5.90. The number of hydrogen-bond acceptors (Lipinski definition) is 5. The fraction of sp³-hybridized carbons (Fsp3) is 0.583. The molecule has 0 spiro atoms. The highest BCUT2D eigenvalue weighted by molar-refractivity contribution is 5.70. The van der Waals surface area contributed by atoms with Crippen LogP contribution in [0.2, 0.25) is 0 Å². The molecule has 0 radical (unpaired) electrons. The lowest BCUT2D eigenvalue weighted by Gasteiger charge is -2.11. The first kappa shape index (κ1) is 14.2. The lowest BCUT2D eigenvalue weighted by atomic mass is 10.1. The molecule has 6 heteroatoms. The third-order valence-corrected chi connectivity index (χ3v) is 2.43. The van der Waals surface area contributed by atoms with E-state index in [1.165, 1.54) is 0 Å². The Morgan fingerprint density at radius 2 is 2.33 bits per heavy atom. The fourth-order valence-electron chi connectivity index (χ4n) is 1.34. The Bertz CT molecular complexity index is 385. The van der Waals surface area contributed by atoms with Crippen LogP contribution in [-0.4, -0.2) is 34.2 Å². The minimum atomic E-state index is -0.816. The predicted molar refractivity (Wildman–Crippen MR) is 67.7 cm³/mol. The maximum Gasteiger partial charge on any atom is 0.308 e. The van der Waals surface area contributed by atoms with E-state index in [4.69, 9.17) is 9.84 Å². The number of rotatable bonds is 8. The molecule has 100 valence electrons. The highest BCUT2D eigenvalue weighted by Crippen LogP contribution is 2.10. The van der Waals surface area contributed by atoms with Crippen LogP contribution in [0.15, 0.2) is 12.3 Å². The van der Waals surface area contributed by atoms with Crippen molar-refractivity contribution in [2.24, 2.45) is 5.92 Å². The van der Waals surface area contributed by atoms with Gasteiger partial charge in [0.15, 0.2) is 0 Å². The van der Waals surface area contributed by atoms with Gasteiger partial charge in [0.25, 0.3) is 0 Å². The molecule has 18 heavy (non-hydrogen) atoms. The van der Waals surface area contributed by atoms with E-state index >= 15 is 0 Å². The maximum absolute atomic E-state index is 10.9. The molecule has 1 aromatic heterocycles. The van der Waals surface area contributed by atoms with Crippen LogP contribution in [0.1, 0.15) is 26.7 Å². The molecule has 0 amide bonds. The second-order valence-corrected chi connectivity index (χ2v) is 3.89. The third kappa shape index (κ3) is 4.57. The van der Waals surface area contributed by atoms with Gasteiger partial charge in [0.1, 0.15) is 0 Å². The average Bonchev–Trinajstić information content (AvgIpc) is 2.37. The van der Waals surface area contributed by atoms with E-state index in [2.05, 4.69) is 15.3 Å². The van der Waals surface area contributed by atoms with Crippen molar-refractivity contribution in [2.75, 3.05) is 18.5 Å². The molecule has 0 aliphatic carbocycles. The monoisotopic (exact) mass is 253 g/mol. The number of carboxylic acid groups (broad SMARTS) is 1. The van der Waals surface area contributed by atoms with Gasteiger partial charge in [-0.1, -0.05) is 13.8 Å². The summed E-state index contributed by atoms with van der Waals surface area (Å²) in [4.78, 5) is 19.0. The lowest BCUT2D eigenvalue weighted by molar-refractivity contribution is -0.141. The molecular formula is C12H19N3O3. The number of aromatic nitrogens is 2. The lowest BCUT2D eigenvalue weighted by Crippen LogP contribution is -2.22. The highest BCUT2D eigenvalue weighted by atomic mass is 16.5. The van der Waals surface area contributed by atoms with Crippen molar-refractivity contribution in [1.29, 1.82) is 0 Å². The van der Waals surface area contributed by atoms with Gasteiger partial charge in [0.2, 0.25) is 11.8 Å². The number of nitrogens with zero attached hydrogens (tertiary/aromatic N) is 2. The van der Waals surface area contributed by atoms with Crippen molar-refractivity contribution in [3.8, 4) is 5.88 Å². The van der Waals surface area contributed by atoms with Crippen molar-refractivity contribution in [3.05, 3.63) is 12.3 Å². The van der Waals surface area contributed by atoms with E-state index in [9.17, 15) is 4.79 Å². The summed E-state index contributed by atoms with van der Waals surface area (Å²) in [7, 11) is 0. The van der Waals surface area contributed by atoms with Gasteiger partial charge >= 0.3 is 5.97 Å². The van der Waals surface area contributed by atoms with Crippen LogP contribution in [-0.2, 0) is 4.79 Å². The summed E-state index contributed by atoms with van der Waals surface area (Å²) in [5, 5.41) is 11.8. The number of carbonyl (C=O) groups is 1. The number of aliphatic carboxylic acids is 1. The zero-order chi connectivity index (χ0) is 13.4. The molecule has 1 atom stereocenters. The summed E-state index contributed by atoms with van der Waals surface area (Å²) in [5.74, 6) is -0.363. The largest absolute Gasteiger partial charge is 0.481 e. The molecule has 1 rings (SSSR count). The molecule has 0 fully saturated rings. The first-order valence-corrected chi connectivity index (χ1v) is 6.09. The van der Waals surface area contributed by atoms with E-state index in [1.807, 2.05) is 13.8 Å². The van der Waals surface area contributed by atoms with E-state index in [0.717, 1.165) is 6.42 Å². The zero-order valence-corrected chi connectivity index (χ0v) is 10.7. The maximum atomic E-state index is 10.9. The summed E-state index contributed by atoms with van der Waals surface area (Å²) in [6.07, 6.45) is 3.06. The van der Waals surface area contributed by atoms with Gasteiger partial charge in [-0.25, -0.2) is 4.98 Å². The Hall–Kier alpha value is -1.85. The Labute approximate surface area is 106 Å². The van der Waals surface area contributed by atoms with E-state index < -0.39 is 11.9 Å². The topological polar surface area (TPSA) is 84.3 Å². The standard InChI is InChI=1S/C12H19N3O3/c1-3-7-18-10-5-6-13-12(15-10)14-8-9(4-2)11(16)17/h5-6,9H,3-4,7-8H2,1-2H3,(H,16,17)(H,13,14,15). The van der Waals surface area contributed by atoms with Gasteiger partial charge in [-0.2, -0.15) is 4.98 Å². The van der Waals surface area contributed by atoms with Gasteiger partial charge in [-0.3, -0.25) is 4.79 Å². The Balaban J connectivity index is 2.53. The predicted octanol–water partition coefficient (Wildman–Crippen LogP) is 1.79. The van der Waals surface area contributed by atoms with Gasteiger partial charge < -0.3 is 15.2 Å². The number of hydrogen-bond donors (Lipinski definition) is 2. The number of anilines is 1. The zero-order valence-electron chi connectivity index (χ0n) is 10.7. The smallest absolute Gasteiger partial charge is 0.308 e. The van der Waals surface area contributed by atoms with E-state index in [-0.39, 0.29) is 0 Å². The number of nitrogens with one attached hydrogen (secondary N) is 1. The van der Waals surface area contributed by atoms with Gasteiger partial charge in [0, 0.05) is 18.8 Å². The summed E-state index contributed by atoms with van der Waals surface area (Å²) >= 11 is 0. The molecule has 0 aliphatic heterocycles. The number of carboxylic acids is 1. The van der Waals surface area contributed by atoms with Gasteiger partial charge in [-0.15, -0.1) is 0 Å². The molecule has 0 bridgehead atoms. The minimum Gasteiger partial charge on any atom is -0.481 e. The van der Waals surface area contributed by atoms with Crippen LogP contribution >= 0.6 is 0 Å². The van der Waals surface area contributed by atoms with Crippen molar-refractivity contribution in [2.45, 2.75) is 26.7 Å². The summed E-state index contributed by atoms with van der Waals surface area (Å²) in [6, 6.07) is 1.68. The van der Waals surface area contributed by atoms with E-state index in [1.54, 1.807) is 12.3 Å². The molecule has 0 saturated carbocycles. The molecule has 0 aliphatic rings. The Morgan fingerprint density at radius 3 is 2.94 bits per heavy atom.